The summed E-state index contributed by atoms with van der Waals surface area (Å²) in [5, 5.41) is 0. The first-order chi connectivity index (χ1) is 25.3. The van der Waals surface area contributed by atoms with E-state index in [9.17, 15) is 0 Å². The van der Waals surface area contributed by atoms with Gasteiger partial charge in [0.05, 0.1) is 13.1 Å². The van der Waals surface area contributed by atoms with E-state index in [-0.39, 0.29) is 0 Å². The minimum atomic E-state index is 1.23. The highest BCUT2D eigenvalue weighted by molar-refractivity contribution is 4.84. The SMILES string of the molecule is CCCCCCCCCCCCCCCCCCc1n(CCCCCCCCCC)cc[n+]1CCCCCCCCCCCCCCCCCC. The lowest BCUT2D eigenvalue weighted by atomic mass is 10.0. The third-order valence-electron chi connectivity index (χ3n) is 11.8. The van der Waals surface area contributed by atoms with Gasteiger partial charge >= 0.3 is 0 Å². The molecule has 51 heavy (non-hydrogen) atoms. The fraction of sp³-hybridized carbons (Fsp3) is 0.939. The summed E-state index contributed by atoms with van der Waals surface area (Å²) in [6.45, 7) is 9.41. The minimum Gasteiger partial charge on any atom is -0.234 e. The summed E-state index contributed by atoms with van der Waals surface area (Å²) < 4.78 is 5.30. The number of imidazole rings is 1. The molecule has 0 atom stereocenters. The van der Waals surface area contributed by atoms with Crippen molar-refractivity contribution in [3.05, 3.63) is 18.2 Å². The normalized spacial score (nSPS) is 11.7. The second-order valence-electron chi connectivity index (χ2n) is 16.9. The smallest absolute Gasteiger partial charge is 0.234 e. The van der Waals surface area contributed by atoms with E-state index in [0.29, 0.717) is 0 Å². The van der Waals surface area contributed by atoms with E-state index >= 15 is 0 Å². The van der Waals surface area contributed by atoms with Crippen molar-refractivity contribution in [1.82, 2.24) is 4.57 Å². The van der Waals surface area contributed by atoms with Crippen molar-refractivity contribution in [2.24, 2.45) is 0 Å². The molecular formula is C49H97N2+. The molecular weight excluding hydrogens is 617 g/mol. The Kier molecular flexibility index (Phi) is 38.2. The van der Waals surface area contributed by atoms with Crippen LogP contribution in [0.2, 0.25) is 0 Å². The number of nitrogens with zero attached hydrogens (tertiary/aromatic N) is 2. The van der Waals surface area contributed by atoms with Crippen molar-refractivity contribution >= 4 is 0 Å². The second-order valence-corrected chi connectivity index (χ2v) is 16.9. The van der Waals surface area contributed by atoms with E-state index in [0.717, 1.165) is 0 Å². The first-order valence-electron chi connectivity index (χ1n) is 24.4. The van der Waals surface area contributed by atoms with E-state index in [2.05, 4.69) is 42.3 Å². The van der Waals surface area contributed by atoms with Gasteiger partial charge in [-0.25, -0.2) is 9.13 Å². The Labute approximate surface area is 323 Å². The van der Waals surface area contributed by atoms with Gasteiger partial charge in [-0.05, 0) is 32.1 Å². The average Bonchev–Trinajstić information content (AvgIpc) is 3.53. The zero-order valence-corrected chi connectivity index (χ0v) is 36.0. The van der Waals surface area contributed by atoms with Gasteiger partial charge in [0.2, 0.25) is 0 Å². The quantitative estimate of drug-likeness (QED) is 0.0471. The van der Waals surface area contributed by atoms with Crippen molar-refractivity contribution < 1.29 is 4.57 Å². The highest BCUT2D eigenvalue weighted by atomic mass is 15.1. The molecule has 0 saturated carbocycles. The van der Waals surface area contributed by atoms with Crippen LogP contribution in [0.15, 0.2) is 12.4 Å². The Bertz CT molecular complexity index is 781. The Morgan fingerprint density at radius 3 is 0.941 bits per heavy atom. The number of rotatable bonds is 43. The summed E-state index contributed by atoms with van der Waals surface area (Å²) in [7, 11) is 0. The molecule has 302 valence electrons. The summed E-state index contributed by atoms with van der Waals surface area (Å²) in [6.07, 6.45) is 63.8. The van der Waals surface area contributed by atoms with Gasteiger partial charge in [0, 0.05) is 6.42 Å². The zero-order chi connectivity index (χ0) is 36.6. The molecule has 0 aliphatic heterocycles. The molecule has 1 aromatic heterocycles. The van der Waals surface area contributed by atoms with Crippen LogP contribution >= 0.6 is 0 Å². The fourth-order valence-corrected chi connectivity index (χ4v) is 8.27. The van der Waals surface area contributed by atoms with Crippen LogP contribution in [0.3, 0.4) is 0 Å². The van der Waals surface area contributed by atoms with Crippen molar-refractivity contribution in [3.63, 3.8) is 0 Å². The molecule has 0 fully saturated rings. The van der Waals surface area contributed by atoms with Gasteiger partial charge in [0.15, 0.2) is 0 Å². The Balaban J connectivity index is 2.21. The number of aromatic nitrogens is 2. The highest BCUT2D eigenvalue weighted by Crippen LogP contribution is 2.17. The molecule has 1 rings (SSSR count). The zero-order valence-electron chi connectivity index (χ0n) is 36.0. The van der Waals surface area contributed by atoms with E-state index in [1.54, 1.807) is 5.82 Å². The molecule has 0 spiro atoms. The lowest BCUT2D eigenvalue weighted by molar-refractivity contribution is -0.704. The van der Waals surface area contributed by atoms with E-state index in [1.165, 1.54) is 276 Å². The first kappa shape index (κ1) is 48.2. The van der Waals surface area contributed by atoms with Crippen molar-refractivity contribution in [2.45, 2.75) is 297 Å². The van der Waals surface area contributed by atoms with Crippen LogP contribution in [0.5, 0.6) is 0 Å². The number of hydrogen-bond donors (Lipinski definition) is 0. The lowest BCUT2D eigenvalue weighted by Crippen LogP contribution is -2.37. The van der Waals surface area contributed by atoms with Gasteiger partial charge in [0.1, 0.15) is 12.4 Å². The maximum absolute atomic E-state index is 2.65. The summed E-state index contributed by atoms with van der Waals surface area (Å²) in [5.74, 6) is 1.63. The van der Waals surface area contributed by atoms with Gasteiger partial charge in [0.25, 0.3) is 5.82 Å². The van der Waals surface area contributed by atoms with Crippen LogP contribution in [-0.2, 0) is 19.5 Å². The van der Waals surface area contributed by atoms with Gasteiger partial charge in [-0.15, -0.1) is 0 Å². The van der Waals surface area contributed by atoms with Crippen molar-refractivity contribution in [2.75, 3.05) is 0 Å². The molecule has 0 N–H and O–H groups in total. The monoisotopic (exact) mass is 714 g/mol. The Morgan fingerprint density at radius 2 is 0.608 bits per heavy atom. The van der Waals surface area contributed by atoms with Gasteiger partial charge in [-0.2, -0.15) is 0 Å². The topological polar surface area (TPSA) is 8.81 Å². The summed E-state index contributed by atoms with van der Waals surface area (Å²) in [5.41, 5.74) is 0. The van der Waals surface area contributed by atoms with Crippen LogP contribution in [0.1, 0.15) is 283 Å². The summed E-state index contributed by atoms with van der Waals surface area (Å²) in [4.78, 5) is 0. The van der Waals surface area contributed by atoms with Gasteiger partial charge in [-0.3, -0.25) is 0 Å². The van der Waals surface area contributed by atoms with Crippen LogP contribution in [0.4, 0.5) is 0 Å². The van der Waals surface area contributed by atoms with Crippen LogP contribution in [0, 0.1) is 0 Å². The molecule has 1 aromatic rings. The molecule has 2 heteroatoms. The lowest BCUT2D eigenvalue weighted by Gasteiger charge is -2.07. The Morgan fingerprint density at radius 1 is 0.333 bits per heavy atom. The summed E-state index contributed by atoms with van der Waals surface area (Å²) in [6, 6.07) is 0. The maximum Gasteiger partial charge on any atom is 0.256 e. The first-order valence-corrected chi connectivity index (χ1v) is 24.4. The average molecular weight is 714 g/mol. The molecule has 0 aliphatic carbocycles. The van der Waals surface area contributed by atoms with Gasteiger partial charge in [-0.1, -0.05) is 245 Å². The van der Waals surface area contributed by atoms with Crippen LogP contribution in [-0.4, -0.2) is 4.57 Å². The predicted octanol–water partition coefficient (Wildman–Crippen LogP) is 17.0. The fourth-order valence-electron chi connectivity index (χ4n) is 8.27. The molecule has 0 amide bonds. The number of hydrogen-bond acceptors (Lipinski definition) is 0. The third kappa shape index (κ3) is 32.4. The van der Waals surface area contributed by atoms with Crippen LogP contribution in [0.25, 0.3) is 0 Å². The molecule has 0 aliphatic rings. The Hall–Kier alpha value is -0.790. The molecule has 0 bridgehead atoms. The molecule has 0 aromatic carbocycles. The highest BCUT2D eigenvalue weighted by Gasteiger charge is 2.16. The third-order valence-corrected chi connectivity index (χ3v) is 11.8. The minimum absolute atomic E-state index is 1.23. The molecule has 0 saturated heterocycles. The molecule has 2 nitrogen and oxygen atoms in total. The summed E-state index contributed by atoms with van der Waals surface area (Å²) >= 11 is 0. The standard InChI is InChI=1S/C49H97N2/c1-4-7-10-13-16-19-21-23-25-27-29-31-33-35-38-41-44-49-50(45-42-39-36-18-15-12-9-6-3)47-48-51(49)46-43-40-37-34-32-30-28-26-24-22-20-17-14-11-8-5-2/h47-48H,4-46H2,1-3H3/q+1. The number of aryl methyl sites for hydroxylation is 2. The number of unbranched alkanes of at least 4 members (excludes halogenated alkanes) is 37. The van der Waals surface area contributed by atoms with E-state index in [4.69, 9.17) is 0 Å². The maximum atomic E-state index is 2.65. The molecule has 0 radical (unpaired) electrons. The van der Waals surface area contributed by atoms with Crippen molar-refractivity contribution in [3.8, 4) is 0 Å². The van der Waals surface area contributed by atoms with E-state index < -0.39 is 0 Å². The van der Waals surface area contributed by atoms with E-state index in [1.807, 2.05) is 0 Å². The largest absolute Gasteiger partial charge is 0.256 e. The van der Waals surface area contributed by atoms with Gasteiger partial charge < -0.3 is 0 Å². The molecule has 0 unspecified atom stereocenters. The predicted molar refractivity (Wildman–Crippen MR) is 230 cm³/mol. The van der Waals surface area contributed by atoms with Crippen molar-refractivity contribution in [1.29, 1.82) is 0 Å². The second kappa shape index (κ2) is 40.4. The molecule has 1 heterocycles. The van der Waals surface area contributed by atoms with Crippen LogP contribution < -0.4 is 4.57 Å².